The second-order valence-electron chi connectivity index (χ2n) is 9.50. The number of ether oxygens (including phenoxy) is 2. The van der Waals surface area contributed by atoms with E-state index >= 15 is 0 Å². The Morgan fingerprint density at radius 2 is 1.79 bits per heavy atom. The molecule has 0 aromatic heterocycles. The maximum Gasteiger partial charge on any atom is 0.573 e. The fourth-order valence-electron chi connectivity index (χ4n) is 5.12. The van der Waals surface area contributed by atoms with Gasteiger partial charge < -0.3 is 19.9 Å². The summed E-state index contributed by atoms with van der Waals surface area (Å²) in [5.41, 5.74) is 0.875. The van der Waals surface area contributed by atoms with Gasteiger partial charge in [0.05, 0.1) is 12.5 Å². The van der Waals surface area contributed by atoms with E-state index in [1.54, 1.807) is 12.1 Å². The first-order valence-corrected chi connectivity index (χ1v) is 12.2. The molecule has 4 rings (SSSR count). The van der Waals surface area contributed by atoms with Crippen LogP contribution in [0.1, 0.15) is 36.3 Å². The number of rotatable bonds is 7. The van der Waals surface area contributed by atoms with Crippen LogP contribution >= 0.6 is 0 Å². The highest BCUT2D eigenvalue weighted by atomic mass is 19.4. The number of nitrogens with one attached hydrogen (secondary N) is 1. The highest BCUT2D eigenvalue weighted by molar-refractivity contribution is 5.80. The lowest BCUT2D eigenvalue weighted by Crippen LogP contribution is -2.52. The van der Waals surface area contributed by atoms with E-state index < -0.39 is 41.8 Å². The first-order valence-electron chi connectivity index (χ1n) is 12.2. The molecule has 12 heteroatoms. The maximum atomic E-state index is 13.7. The largest absolute Gasteiger partial charge is 0.573 e. The molecule has 38 heavy (non-hydrogen) atoms. The zero-order valence-electron chi connectivity index (χ0n) is 20.2. The van der Waals surface area contributed by atoms with Crippen LogP contribution < -0.4 is 10.1 Å². The number of aliphatic carboxylic acids is 1. The molecule has 2 fully saturated rings. The summed E-state index contributed by atoms with van der Waals surface area (Å²) in [4.78, 5) is 26.6. The Balaban J connectivity index is 1.28. The monoisotopic (exact) mass is 542 g/mol. The number of hydrogen-bond acceptors (Lipinski definition) is 5. The minimum atomic E-state index is -4.97. The molecule has 1 amide bonds. The second kappa shape index (κ2) is 11.6. The third-order valence-corrected chi connectivity index (χ3v) is 6.95. The standard InChI is InChI=1S/C26H27F5N2O5/c27-17-3-1-16(2-4-17)21-7-8-33(13-22(21)25(35)36)19-5-6-23(37-14-19)24(34)32-12-15-9-18(28)11-20(10-15)38-26(29,30)31/h1-4,9-11,19,21-23H,5-8,12-14H2,(H,32,34)(H,35,36)/t19?,21-,22+,23?/m0/s1. The van der Waals surface area contributed by atoms with Gasteiger partial charge in [-0.1, -0.05) is 12.1 Å². The second-order valence-corrected chi connectivity index (χ2v) is 9.50. The molecule has 2 heterocycles. The van der Waals surface area contributed by atoms with Crippen LogP contribution in [0.15, 0.2) is 42.5 Å². The number of amides is 1. The van der Waals surface area contributed by atoms with Crippen molar-refractivity contribution in [1.29, 1.82) is 0 Å². The van der Waals surface area contributed by atoms with Crippen LogP contribution in [0.4, 0.5) is 22.0 Å². The van der Waals surface area contributed by atoms with E-state index in [1.165, 1.54) is 12.1 Å². The first-order chi connectivity index (χ1) is 18.0. The minimum absolute atomic E-state index is 0.0830. The summed E-state index contributed by atoms with van der Waals surface area (Å²) in [5, 5.41) is 12.4. The number of carboxylic acids is 1. The van der Waals surface area contributed by atoms with E-state index in [9.17, 15) is 36.6 Å². The predicted molar refractivity (Wildman–Crippen MR) is 124 cm³/mol. The number of hydrogen-bond donors (Lipinski definition) is 2. The number of alkyl halides is 3. The van der Waals surface area contributed by atoms with Gasteiger partial charge >= 0.3 is 12.3 Å². The Morgan fingerprint density at radius 3 is 2.42 bits per heavy atom. The quantitative estimate of drug-likeness (QED) is 0.510. The summed E-state index contributed by atoms with van der Waals surface area (Å²) in [6.45, 7) is 0.906. The van der Waals surface area contributed by atoms with Gasteiger partial charge in [-0.2, -0.15) is 0 Å². The summed E-state index contributed by atoms with van der Waals surface area (Å²) < 4.78 is 73.7. The van der Waals surface area contributed by atoms with Crippen molar-refractivity contribution in [1.82, 2.24) is 10.2 Å². The van der Waals surface area contributed by atoms with Crippen LogP contribution in [0, 0.1) is 17.6 Å². The molecule has 2 saturated heterocycles. The molecule has 0 saturated carbocycles. The van der Waals surface area contributed by atoms with Crippen molar-refractivity contribution in [2.45, 2.75) is 50.2 Å². The molecular formula is C26H27F5N2O5. The number of benzene rings is 2. The smallest absolute Gasteiger partial charge is 0.481 e. The number of carboxylic acid groups (broad SMARTS) is 1. The van der Waals surface area contributed by atoms with E-state index in [0.29, 0.717) is 38.4 Å². The molecule has 4 atom stereocenters. The topological polar surface area (TPSA) is 88.1 Å². The summed E-state index contributed by atoms with van der Waals surface area (Å²) in [6, 6.07) is 8.38. The van der Waals surface area contributed by atoms with Gasteiger partial charge in [0, 0.05) is 25.2 Å². The van der Waals surface area contributed by atoms with E-state index in [0.717, 1.165) is 17.7 Å². The number of likely N-dealkylation sites (tertiary alicyclic amines) is 1. The number of carbonyl (C=O) groups is 2. The number of halogens is 5. The summed E-state index contributed by atoms with van der Waals surface area (Å²) in [6.07, 6.45) is -4.25. The van der Waals surface area contributed by atoms with Crippen LogP contribution in [-0.4, -0.2) is 60.1 Å². The van der Waals surface area contributed by atoms with Gasteiger partial charge in [-0.3, -0.25) is 14.5 Å². The Kier molecular flexibility index (Phi) is 8.51. The van der Waals surface area contributed by atoms with Gasteiger partial charge in [0.2, 0.25) is 5.91 Å². The third-order valence-electron chi connectivity index (χ3n) is 6.95. The predicted octanol–water partition coefficient (Wildman–Crippen LogP) is 4.22. The summed E-state index contributed by atoms with van der Waals surface area (Å²) in [5.74, 6) is -4.36. The minimum Gasteiger partial charge on any atom is -0.481 e. The van der Waals surface area contributed by atoms with E-state index in [1.807, 2.05) is 4.90 Å². The first kappa shape index (κ1) is 27.8. The third kappa shape index (κ3) is 7.19. The molecule has 2 N–H and O–H groups in total. The Bertz CT molecular complexity index is 1140. The van der Waals surface area contributed by atoms with Crippen molar-refractivity contribution in [2.24, 2.45) is 5.92 Å². The molecule has 7 nitrogen and oxygen atoms in total. The Morgan fingerprint density at radius 1 is 1.05 bits per heavy atom. The van der Waals surface area contributed by atoms with Gasteiger partial charge in [0.1, 0.15) is 23.5 Å². The number of carbonyl (C=O) groups excluding carboxylic acids is 1. The fourth-order valence-corrected chi connectivity index (χ4v) is 5.12. The highest BCUT2D eigenvalue weighted by Gasteiger charge is 2.39. The molecule has 0 radical (unpaired) electrons. The number of nitrogens with zero attached hydrogens (tertiary/aromatic N) is 1. The zero-order chi connectivity index (χ0) is 27.4. The van der Waals surface area contributed by atoms with Crippen molar-refractivity contribution in [2.75, 3.05) is 19.7 Å². The fraction of sp³-hybridized carbons (Fsp3) is 0.462. The van der Waals surface area contributed by atoms with E-state index in [4.69, 9.17) is 4.74 Å². The van der Waals surface area contributed by atoms with Gasteiger partial charge in [-0.05, 0) is 67.1 Å². The molecule has 0 spiro atoms. The van der Waals surface area contributed by atoms with Gasteiger partial charge in [-0.25, -0.2) is 8.78 Å². The molecule has 2 aliphatic rings. The summed E-state index contributed by atoms with van der Waals surface area (Å²) >= 11 is 0. The van der Waals surface area contributed by atoms with E-state index in [2.05, 4.69) is 10.1 Å². The average molecular weight is 543 g/mol. The Hall–Kier alpha value is -3.25. The summed E-state index contributed by atoms with van der Waals surface area (Å²) in [7, 11) is 0. The molecule has 2 unspecified atom stereocenters. The average Bonchev–Trinajstić information content (AvgIpc) is 2.86. The van der Waals surface area contributed by atoms with Crippen LogP contribution in [0.25, 0.3) is 0 Å². The molecule has 206 valence electrons. The van der Waals surface area contributed by atoms with Crippen molar-refractivity contribution in [3.05, 3.63) is 65.2 Å². The van der Waals surface area contributed by atoms with Crippen molar-refractivity contribution < 1.29 is 46.1 Å². The van der Waals surface area contributed by atoms with Gasteiger partial charge in [0.15, 0.2) is 0 Å². The van der Waals surface area contributed by atoms with Crippen LogP contribution in [0.5, 0.6) is 5.75 Å². The van der Waals surface area contributed by atoms with Crippen LogP contribution in [-0.2, 0) is 20.9 Å². The molecule has 0 aliphatic carbocycles. The lowest BCUT2D eigenvalue weighted by molar-refractivity contribution is -0.274. The number of piperidine rings is 1. The van der Waals surface area contributed by atoms with Crippen LogP contribution in [0.3, 0.4) is 0 Å². The normalized spacial score (nSPS) is 24.6. The molecule has 2 aliphatic heterocycles. The van der Waals surface area contributed by atoms with Gasteiger partial charge in [-0.15, -0.1) is 13.2 Å². The lowest BCUT2D eigenvalue weighted by Gasteiger charge is -2.43. The van der Waals surface area contributed by atoms with Crippen molar-refractivity contribution in [3.63, 3.8) is 0 Å². The van der Waals surface area contributed by atoms with Crippen LogP contribution in [0.2, 0.25) is 0 Å². The van der Waals surface area contributed by atoms with Gasteiger partial charge in [0.25, 0.3) is 0 Å². The molecule has 2 aromatic rings. The lowest BCUT2D eigenvalue weighted by atomic mass is 9.79. The Labute approximate surface area is 215 Å². The van der Waals surface area contributed by atoms with Crippen molar-refractivity contribution >= 4 is 11.9 Å². The highest BCUT2D eigenvalue weighted by Crippen LogP contribution is 2.35. The zero-order valence-corrected chi connectivity index (χ0v) is 20.2. The van der Waals surface area contributed by atoms with Crippen molar-refractivity contribution in [3.8, 4) is 5.75 Å². The SMILES string of the molecule is O=C(NCc1cc(F)cc(OC(F)(F)F)c1)C1CCC(N2CC[C@@H](c3ccc(F)cc3)[C@H](C(=O)O)C2)CO1. The molecule has 2 aromatic carbocycles. The van der Waals surface area contributed by atoms with E-state index in [-0.39, 0.29) is 36.5 Å². The maximum absolute atomic E-state index is 13.7. The molecule has 0 bridgehead atoms. The molecular weight excluding hydrogens is 515 g/mol.